The molecule has 0 bridgehead atoms. The Morgan fingerprint density at radius 1 is 1.12 bits per heavy atom. The quantitative estimate of drug-likeness (QED) is 0.773. The van der Waals surface area contributed by atoms with Gasteiger partial charge in [0, 0.05) is 26.2 Å². The highest BCUT2D eigenvalue weighted by Gasteiger charge is 2.39. The van der Waals surface area contributed by atoms with Gasteiger partial charge in [0.2, 0.25) is 0 Å². The third-order valence-corrected chi connectivity index (χ3v) is 4.60. The number of rotatable bonds is 2. The monoisotopic (exact) mass is 359 g/mol. The first-order valence-corrected chi connectivity index (χ1v) is 8.05. The van der Waals surface area contributed by atoms with Gasteiger partial charge < -0.3 is 9.80 Å². The molecule has 1 aromatic heterocycles. The number of halogens is 4. The van der Waals surface area contributed by atoms with Crippen LogP contribution in [0.4, 0.5) is 23.2 Å². The average Bonchev–Trinajstić information content (AvgIpc) is 3.05. The summed E-state index contributed by atoms with van der Waals surface area (Å²) in [7, 11) is 0. The maximum absolute atomic E-state index is 13.8. The Morgan fingerprint density at radius 2 is 1.79 bits per heavy atom. The van der Waals surface area contributed by atoms with Gasteiger partial charge in [0.05, 0.1) is 11.2 Å². The molecule has 3 rings (SSSR count). The lowest BCUT2D eigenvalue weighted by atomic mass is 10.2. The fraction of sp³-hybridized carbons (Fsp3) is 0.333. The van der Waals surface area contributed by atoms with Gasteiger partial charge in [-0.05, 0) is 12.1 Å². The molecular formula is C15H13F4N3OS. The summed E-state index contributed by atoms with van der Waals surface area (Å²) in [6.07, 6.45) is -4.65. The van der Waals surface area contributed by atoms with Crippen molar-refractivity contribution in [3.8, 4) is 0 Å². The van der Waals surface area contributed by atoms with Crippen LogP contribution in [0, 0.1) is 5.82 Å². The van der Waals surface area contributed by atoms with E-state index in [1.165, 1.54) is 11.0 Å². The van der Waals surface area contributed by atoms with Gasteiger partial charge in [-0.3, -0.25) is 4.79 Å². The number of hydrogen-bond donors (Lipinski definition) is 0. The van der Waals surface area contributed by atoms with E-state index in [0.29, 0.717) is 30.1 Å². The maximum atomic E-state index is 13.8. The molecule has 0 atom stereocenters. The number of carbonyl (C=O) groups excluding carboxylic acids is 1. The zero-order valence-electron chi connectivity index (χ0n) is 12.4. The van der Waals surface area contributed by atoms with Crippen LogP contribution in [0.1, 0.15) is 15.4 Å². The molecule has 1 aromatic carbocycles. The second-order valence-electron chi connectivity index (χ2n) is 5.26. The van der Waals surface area contributed by atoms with E-state index < -0.39 is 22.7 Å². The van der Waals surface area contributed by atoms with Crippen LogP contribution in [0.3, 0.4) is 0 Å². The van der Waals surface area contributed by atoms with Crippen molar-refractivity contribution < 1.29 is 22.4 Å². The molecule has 0 radical (unpaired) electrons. The van der Waals surface area contributed by atoms with E-state index in [-0.39, 0.29) is 18.9 Å². The van der Waals surface area contributed by atoms with Crippen molar-refractivity contribution in [2.45, 2.75) is 6.18 Å². The highest BCUT2D eigenvalue weighted by Crippen LogP contribution is 2.33. The predicted octanol–water partition coefficient (Wildman–Crippen LogP) is 3.26. The standard InChI is InChI=1S/C15H13F4N3OS/c16-10-3-1-2-4-11(10)21-5-7-22(8-6-21)14(23)12-13(15(17,18)19)20-9-24-12/h1-4,9H,5-8H2. The summed E-state index contributed by atoms with van der Waals surface area (Å²) >= 11 is 0.682. The van der Waals surface area contributed by atoms with Gasteiger partial charge in [-0.25, -0.2) is 9.37 Å². The number of nitrogens with zero attached hydrogens (tertiary/aromatic N) is 3. The number of para-hydroxylation sites is 1. The molecule has 1 fully saturated rings. The Labute approximate surface area is 139 Å². The molecule has 24 heavy (non-hydrogen) atoms. The minimum atomic E-state index is -4.65. The third-order valence-electron chi connectivity index (χ3n) is 3.79. The van der Waals surface area contributed by atoms with E-state index in [4.69, 9.17) is 0 Å². The van der Waals surface area contributed by atoms with Crippen LogP contribution in [-0.2, 0) is 6.18 Å². The molecule has 9 heteroatoms. The zero-order valence-corrected chi connectivity index (χ0v) is 13.2. The first-order chi connectivity index (χ1) is 11.4. The van der Waals surface area contributed by atoms with Crippen molar-refractivity contribution in [3.05, 3.63) is 46.2 Å². The summed E-state index contributed by atoms with van der Waals surface area (Å²) in [5.74, 6) is -1.04. The minimum Gasteiger partial charge on any atom is -0.366 e. The number of benzene rings is 1. The molecule has 0 saturated carbocycles. The number of piperazine rings is 1. The fourth-order valence-electron chi connectivity index (χ4n) is 2.60. The molecule has 4 nitrogen and oxygen atoms in total. The van der Waals surface area contributed by atoms with E-state index in [1.807, 2.05) is 0 Å². The lowest BCUT2D eigenvalue weighted by Crippen LogP contribution is -2.49. The molecule has 2 heterocycles. The molecule has 128 valence electrons. The van der Waals surface area contributed by atoms with Crippen LogP contribution in [0.2, 0.25) is 0 Å². The van der Waals surface area contributed by atoms with Crippen LogP contribution in [0.15, 0.2) is 29.8 Å². The first-order valence-electron chi connectivity index (χ1n) is 7.17. The molecule has 0 unspecified atom stereocenters. The summed E-state index contributed by atoms with van der Waals surface area (Å²) in [6, 6.07) is 6.28. The van der Waals surface area contributed by atoms with E-state index in [1.54, 1.807) is 23.1 Å². The van der Waals surface area contributed by atoms with Gasteiger partial charge in [0.15, 0.2) is 5.69 Å². The van der Waals surface area contributed by atoms with Crippen molar-refractivity contribution in [3.63, 3.8) is 0 Å². The summed E-state index contributed by atoms with van der Waals surface area (Å²) in [5.41, 5.74) is 0.304. The Hall–Kier alpha value is -2.16. The number of amides is 1. The molecule has 1 saturated heterocycles. The maximum Gasteiger partial charge on any atom is 0.434 e. The average molecular weight is 359 g/mol. The summed E-state index contributed by atoms with van der Waals surface area (Å²) in [6.45, 7) is 1.16. The van der Waals surface area contributed by atoms with Gasteiger partial charge in [0.25, 0.3) is 5.91 Å². The SMILES string of the molecule is O=C(c1scnc1C(F)(F)F)N1CCN(c2ccccc2F)CC1. The molecule has 0 spiro atoms. The summed E-state index contributed by atoms with van der Waals surface area (Å²) < 4.78 is 52.4. The molecule has 1 aliphatic heterocycles. The molecule has 0 N–H and O–H groups in total. The second kappa shape index (κ2) is 6.39. The number of carbonyl (C=O) groups is 1. The summed E-state index contributed by atoms with van der Waals surface area (Å²) in [4.78, 5) is 18.3. The van der Waals surface area contributed by atoms with Gasteiger partial charge >= 0.3 is 6.18 Å². The third kappa shape index (κ3) is 3.21. The lowest BCUT2D eigenvalue weighted by Gasteiger charge is -2.36. The Bertz CT molecular complexity index is 738. The van der Waals surface area contributed by atoms with Crippen molar-refractivity contribution in [1.29, 1.82) is 0 Å². The number of hydrogen-bond acceptors (Lipinski definition) is 4. The first kappa shape index (κ1) is 16.7. The topological polar surface area (TPSA) is 36.4 Å². The number of aromatic nitrogens is 1. The molecule has 1 aliphatic rings. The smallest absolute Gasteiger partial charge is 0.366 e. The van der Waals surface area contributed by atoms with Gasteiger partial charge in [-0.1, -0.05) is 12.1 Å². The van der Waals surface area contributed by atoms with Gasteiger partial charge in [-0.15, -0.1) is 11.3 Å². The molecule has 0 aliphatic carbocycles. The van der Waals surface area contributed by atoms with Crippen LogP contribution in [0.5, 0.6) is 0 Å². The Kier molecular flexibility index (Phi) is 4.44. The molecule has 1 amide bonds. The van der Waals surface area contributed by atoms with Crippen molar-refractivity contribution in [2.24, 2.45) is 0 Å². The fourth-order valence-corrected chi connectivity index (χ4v) is 3.38. The number of thiazole rings is 1. The van der Waals surface area contributed by atoms with E-state index in [9.17, 15) is 22.4 Å². The van der Waals surface area contributed by atoms with Crippen molar-refractivity contribution in [2.75, 3.05) is 31.1 Å². The van der Waals surface area contributed by atoms with Crippen LogP contribution in [0.25, 0.3) is 0 Å². The Morgan fingerprint density at radius 3 is 2.42 bits per heavy atom. The van der Waals surface area contributed by atoms with E-state index >= 15 is 0 Å². The highest BCUT2D eigenvalue weighted by atomic mass is 32.1. The van der Waals surface area contributed by atoms with Crippen LogP contribution in [-0.4, -0.2) is 42.0 Å². The zero-order chi connectivity index (χ0) is 17.3. The van der Waals surface area contributed by atoms with E-state index in [2.05, 4.69) is 4.98 Å². The van der Waals surface area contributed by atoms with E-state index in [0.717, 1.165) is 5.51 Å². The largest absolute Gasteiger partial charge is 0.434 e. The molecule has 2 aromatic rings. The Balaban J connectivity index is 1.70. The molecular weight excluding hydrogens is 346 g/mol. The second-order valence-corrected chi connectivity index (χ2v) is 6.11. The van der Waals surface area contributed by atoms with Gasteiger partial charge in [-0.2, -0.15) is 13.2 Å². The lowest BCUT2D eigenvalue weighted by molar-refractivity contribution is -0.141. The predicted molar refractivity (Wildman–Crippen MR) is 81.6 cm³/mol. The van der Waals surface area contributed by atoms with Crippen molar-refractivity contribution in [1.82, 2.24) is 9.88 Å². The normalized spacial score (nSPS) is 15.7. The number of alkyl halides is 3. The van der Waals surface area contributed by atoms with Crippen LogP contribution < -0.4 is 4.90 Å². The van der Waals surface area contributed by atoms with Gasteiger partial charge in [0.1, 0.15) is 10.7 Å². The minimum absolute atomic E-state index is 0.225. The number of anilines is 1. The highest BCUT2D eigenvalue weighted by molar-refractivity contribution is 7.11. The van der Waals surface area contributed by atoms with Crippen molar-refractivity contribution >= 4 is 22.9 Å². The summed E-state index contributed by atoms with van der Waals surface area (Å²) in [5, 5.41) is 0. The van der Waals surface area contributed by atoms with Crippen LogP contribution >= 0.6 is 11.3 Å².